The molecule has 0 saturated carbocycles. The van der Waals surface area contributed by atoms with Gasteiger partial charge < -0.3 is 0 Å². The van der Waals surface area contributed by atoms with Gasteiger partial charge in [0.05, 0.1) is 12.2 Å². The maximum atomic E-state index is 4.25. The van der Waals surface area contributed by atoms with E-state index in [4.69, 9.17) is 0 Å². The molecule has 0 bridgehead atoms. The Labute approximate surface area is 185 Å². The highest BCUT2D eigenvalue weighted by Crippen LogP contribution is 2.14. The first kappa shape index (κ1) is 24.8. The maximum absolute atomic E-state index is 4.25. The highest BCUT2D eigenvalue weighted by atomic mass is 15.4. The van der Waals surface area contributed by atoms with Crippen LogP contribution in [0.4, 0.5) is 0 Å². The normalized spacial score (nSPS) is 11.5. The summed E-state index contributed by atoms with van der Waals surface area (Å²) in [6.45, 7) is 6.19. The summed E-state index contributed by atoms with van der Waals surface area (Å²) in [6, 6.07) is 6.33. The molecule has 1 aromatic heterocycles. The SMILES string of the molecule is CCCCCCCCCCCCCCCCCCNCn1nnc2cc(C)ccc21. The molecule has 0 aliphatic rings. The summed E-state index contributed by atoms with van der Waals surface area (Å²) < 4.78 is 1.96. The summed E-state index contributed by atoms with van der Waals surface area (Å²) in [5, 5.41) is 12.0. The van der Waals surface area contributed by atoms with Gasteiger partial charge in [-0.3, -0.25) is 5.32 Å². The average molecular weight is 415 g/mol. The van der Waals surface area contributed by atoms with Crippen molar-refractivity contribution in [2.24, 2.45) is 0 Å². The third kappa shape index (κ3) is 10.6. The molecular formula is C26H46N4. The Hall–Kier alpha value is -1.42. The summed E-state index contributed by atoms with van der Waals surface area (Å²) in [7, 11) is 0. The zero-order valence-electron chi connectivity index (χ0n) is 19.8. The fourth-order valence-corrected chi connectivity index (χ4v) is 4.18. The molecule has 1 N–H and O–H groups in total. The van der Waals surface area contributed by atoms with Gasteiger partial charge in [-0.1, -0.05) is 115 Å². The molecule has 0 unspecified atom stereocenters. The molecule has 1 heterocycles. The minimum Gasteiger partial charge on any atom is -0.298 e. The lowest BCUT2D eigenvalue weighted by Gasteiger charge is -2.06. The molecule has 1 aromatic carbocycles. The van der Waals surface area contributed by atoms with E-state index >= 15 is 0 Å². The third-order valence-corrected chi connectivity index (χ3v) is 6.14. The van der Waals surface area contributed by atoms with Crippen molar-refractivity contribution in [2.45, 2.75) is 123 Å². The van der Waals surface area contributed by atoms with Crippen LogP contribution in [-0.4, -0.2) is 21.5 Å². The molecule has 0 amide bonds. The number of aryl methyl sites for hydroxylation is 1. The monoisotopic (exact) mass is 414 g/mol. The van der Waals surface area contributed by atoms with Crippen LogP contribution in [0.25, 0.3) is 11.0 Å². The highest BCUT2D eigenvalue weighted by Gasteiger charge is 2.03. The van der Waals surface area contributed by atoms with Crippen molar-refractivity contribution in [3.63, 3.8) is 0 Å². The van der Waals surface area contributed by atoms with Crippen molar-refractivity contribution < 1.29 is 0 Å². The number of benzene rings is 1. The molecule has 2 aromatic rings. The number of nitrogens with zero attached hydrogens (tertiary/aromatic N) is 3. The molecule has 0 radical (unpaired) electrons. The molecule has 0 fully saturated rings. The van der Waals surface area contributed by atoms with Gasteiger partial charge in [0.2, 0.25) is 0 Å². The summed E-state index contributed by atoms with van der Waals surface area (Å²) in [5.74, 6) is 0. The third-order valence-electron chi connectivity index (χ3n) is 6.14. The topological polar surface area (TPSA) is 42.7 Å². The molecule has 0 atom stereocenters. The molecule has 170 valence electrons. The first-order chi connectivity index (χ1) is 14.8. The molecule has 4 heteroatoms. The number of unbranched alkanes of at least 4 members (excludes halogenated alkanes) is 15. The maximum Gasteiger partial charge on any atom is 0.113 e. The van der Waals surface area contributed by atoms with Gasteiger partial charge in [0.1, 0.15) is 5.52 Å². The van der Waals surface area contributed by atoms with Gasteiger partial charge >= 0.3 is 0 Å². The van der Waals surface area contributed by atoms with Gasteiger partial charge in [-0.2, -0.15) is 0 Å². The van der Waals surface area contributed by atoms with Crippen molar-refractivity contribution >= 4 is 11.0 Å². The van der Waals surface area contributed by atoms with E-state index in [-0.39, 0.29) is 0 Å². The molecule has 30 heavy (non-hydrogen) atoms. The van der Waals surface area contributed by atoms with Crippen LogP contribution in [0, 0.1) is 6.92 Å². The molecule has 0 aliphatic carbocycles. The number of hydrogen-bond acceptors (Lipinski definition) is 3. The number of aromatic nitrogens is 3. The predicted molar refractivity (Wildman–Crippen MR) is 130 cm³/mol. The first-order valence-corrected chi connectivity index (χ1v) is 12.8. The number of rotatable bonds is 19. The first-order valence-electron chi connectivity index (χ1n) is 12.8. The van der Waals surface area contributed by atoms with Crippen LogP contribution in [0.3, 0.4) is 0 Å². The number of hydrogen-bond donors (Lipinski definition) is 1. The Bertz CT molecular complexity index is 664. The zero-order chi connectivity index (χ0) is 21.3. The summed E-state index contributed by atoms with van der Waals surface area (Å²) in [6.07, 6.45) is 22.7. The minimum absolute atomic E-state index is 0.748. The van der Waals surface area contributed by atoms with Gasteiger partial charge in [-0.15, -0.1) is 5.10 Å². The van der Waals surface area contributed by atoms with Crippen molar-refractivity contribution in [1.82, 2.24) is 20.3 Å². The van der Waals surface area contributed by atoms with Gasteiger partial charge in [0, 0.05) is 0 Å². The van der Waals surface area contributed by atoms with Crippen LogP contribution in [0.15, 0.2) is 18.2 Å². The zero-order valence-corrected chi connectivity index (χ0v) is 19.8. The quantitative estimate of drug-likeness (QED) is 0.241. The van der Waals surface area contributed by atoms with E-state index < -0.39 is 0 Å². The van der Waals surface area contributed by atoms with E-state index in [0.717, 1.165) is 24.2 Å². The summed E-state index contributed by atoms with van der Waals surface area (Å²) in [4.78, 5) is 0. The van der Waals surface area contributed by atoms with Crippen LogP contribution in [0.5, 0.6) is 0 Å². The van der Waals surface area contributed by atoms with Crippen LogP contribution in [-0.2, 0) is 6.67 Å². The van der Waals surface area contributed by atoms with E-state index in [1.165, 1.54) is 108 Å². The Morgan fingerprint density at radius 2 is 1.27 bits per heavy atom. The molecule has 4 nitrogen and oxygen atoms in total. The second-order valence-electron chi connectivity index (χ2n) is 9.04. The lowest BCUT2D eigenvalue weighted by molar-refractivity contribution is 0.486. The summed E-state index contributed by atoms with van der Waals surface area (Å²) >= 11 is 0. The van der Waals surface area contributed by atoms with Gasteiger partial charge in [0.25, 0.3) is 0 Å². The van der Waals surface area contributed by atoms with E-state index in [2.05, 4.69) is 47.7 Å². The fraction of sp³-hybridized carbons (Fsp3) is 0.769. The molecule has 2 rings (SSSR count). The van der Waals surface area contributed by atoms with Crippen LogP contribution in [0.2, 0.25) is 0 Å². The van der Waals surface area contributed by atoms with Crippen LogP contribution < -0.4 is 5.32 Å². The van der Waals surface area contributed by atoms with Crippen molar-refractivity contribution in [3.05, 3.63) is 23.8 Å². The van der Waals surface area contributed by atoms with Crippen LogP contribution in [0.1, 0.15) is 115 Å². The number of fused-ring (bicyclic) bond motifs is 1. The lowest BCUT2D eigenvalue weighted by atomic mass is 10.0. The highest BCUT2D eigenvalue weighted by molar-refractivity contribution is 5.74. The Kier molecular flexibility index (Phi) is 13.5. The summed E-state index contributed by atoms with van der Waals surface area (Å²) in [5.41, 5.74) is 3.33. The van der Waals surface area contributed by atoms with Crippen molar-refractivity contribution in [2.75, 3.05) is 6.54 Å². The van der Waals surface area contributed by atoms with E-state index in [1.54, 1.807) is 0 Å². The number of nitrogens with one attached hydrogen (secondary N) is 1. The van der Waals surface area contributed by atoms with E-state index in [1.807, 2.05) is 4.68 Å². The predicted octanol–water partition coefficient (Wildman–Crippen LogP) is 7.55. The van der Waals surface area contributed by atoms with Gasteiger partial charge in [-0.25, -0.2) is 4.68 Å². The largest absolute Gasteiger partial charge is 0.298 e. The minimum atomic E-state index is 0.748. The van der Waals surface area contributed by atoms with Gasteiger partial charge in [-0.05, 0) is 37.6 Å². The van der Waals surface area contributed by atoms with Crippen molar-refractivity contribution in [3.8, 4) is 0 Å². The smallest absolute Gasteiger partial charge is 0.113 e. The molecule has 0 spiro atoms. The fourth-order valence-electron chi connectivity index (χ4n) is 4.18. The van der Waals surface area contributed by atoms with E-state index in [9.17, 15) is 0 Å². The average Bonchev–Trinajstić information content (AvgIpc) is 3.14. The Balaban J connectivity index is 1.32. The second kappa shape index (κ2) is 16.3. The lowest BCUT2D eigenvalue weighted by Crippen LogP contribution is -2.20. The Morgan fingerprint density at radius 1 is 0.733 bits per heavy atom. The van der Waals surface area contributed by atoms with Crippen molar-refractivity contribution in [1.29, 1.82) is 0 Å². The standard InChI is InChI=1S/C26H46N4/c1-3-4-5-6-7-8-9-10-11-12-13-14-15-16-17-18-21-27-23-30-26-20-19-24(2)22-25(26)28-29-30/h19-20,22,27H,3-18,21,23H2,1-2H3. The molecule has 0 aliphatic heterocycles. The molecule has 0 saturated heterocycles. The van der Waals surface area contributed by atoms with Gasteiger partial charge in [0.15, 0.2) is 0 Å². The van der Waals surface area contributed by atoms with E-state index in [0.29, 0.717) is 0 Å². The molecular weight excluding hydrogens is 368 g/mol. The second-order valence-corrected chi connectivity index (χ2v) is 9.04. The Morgan fingerprint density at radius 3 is 1.83 bits per heavy atom. The van der Waals surface area contributed by atoms with Crippen LogP contribution >= 0.6 is 0 Å².